The summed E-state index contributed by atoms with van der Waals surface area (Å²) in [5, 5.41) is 0. The summed E-state index contributed by atoms with van der Waals surface area (Å²) in [6, 6.07) is 6.90. The molecule has 1 atom stereocenters. The number of hydrogen-bond acceptors (Lipinski definition) is 2. The molecule has 2 nitrogen and oxygen atoms in total. The SMILES string of the molecule is CC(C)COCCC(CN)Cc1ccccc1F. The van der Waals surface area contributed by atoms with Crippen LogP contribution in [-0.4, -0.2) is 19.8 Å². The van der Waals surface area contributed by atoms with Crippen LogP contribution < -0.4 is 5.73 Å². The van der Waals surface area contributed by atoms with Crippen molar-refractivity contribution in [2.45, 2.75) is 26.7 Å². The quantitative estimate of drug-likeness (QED) is 0.723. The van der Waals surface area contributed by atoms with E-state index in [1.54, 1.807) is 6.07 Å². The molecule has 1 aromatic rings. The van der Waals surface area contributed by atoms with Gasteiger partial charge in [-0.05, 0) is 42.9 Å². The molecule has 0 aliphatic rings. The topological polar surface area (TPSA) is 35.2 Å². The Bertz CT molecular complexity index is 341. The lowest BCUT2D eigenvalue weighted by molar-refractivity contribution is 0.0984. The van der Waals surface area contributed by atoms with E-state index in [0.29, 0.717) is 25.5 Å². The van der Waals surface area contributed by atoms with Crippen LogP contribution >= 0.6 is 0 Å². The molecule has 2 N–H and O–H groups in total. The van der Waals surface area contributed by atoms with Gasteiger partial charge < -0.3 is 10.5 Å². The van der Waals surface area contributed by atoms with Gasteiger partial charge in [-0.1, -0.05) is 32.0 Å². The van der Waals surface area contributed by atoms with E-state index < -0.39 is 0 Å². The van der Waals surface area contributed by atoms with Crippen LogP contribution in [0.3, 0.4) is 0 Å². The molecule has 102 valence electrons. The third-order valence-electron chi connectivity index (χ3n) is 2.92. The lowest BCUT2D eigenvalue weighted by Gasteiger charge is -2.15. The molecule has 0 spiro atoms. The molecule has 0 saturated heterocycles. The predicted molar refractivity (Wildman–Crippen MR) is 72.9 cm³/mol. The summed E-state index contributed by atoms with van der Waals surface area (Å²) in [6.45, 7) is 6.30. The third-order valence-corrected chi connectivity index (χ3v) is 2.92. The fraction of sp³-hybridized carbons (Fsp3) is 0.600. The average Bonchev–Trinajstić information content (AvgIpc) is 2.35. The monoisotopic (exact) mass is 253 g/mol. The summed E-state index contributed by atoms with van der Waals surface area (Å²) in [4.78, 5) is 0. The van der Waals surface area contributed by atoms with Gasteiger partial charge in [0.15, 0.2) is 0 Å². The molecule has 18 heavy (non-hydrogen) atoms. The summed E-state index contributed by atoms with van der Waals surface area (Å²) >= 11 is 0. The summed E-state index contributed by atoms with van der Waals surface area (Å²) in [5.74, 6) is 0.695. The predicted octanol–water partition coefficient (Wildman–Crippen LogP) is 3.01. The van der Waals surface area contributed by atoms with Crippen molar-refractivity contribution in [3.8, 4) is 0 Å². The van der Waals surface area contributed by atoms with E-state index in [9.17, 15) is 4.39 Å². The molecule has 0 fully saturated rings. The van der Waals surface area contributed by atoms with Crippen molar-refractivity contribution in [1.82, 2.24) is 0 Å². The van der Waals surface area contributed by atoms with Gasteiger partial charge in [0, 0.05) is 13.2 Å². The van der Waals surface area contributed by atoms with Crippen LogP contribution in [-0.2, 0) is 11.2 Å². The zero-order valence-electron chi connectivity index (χ0n) is 11.4. The number of rotatable bonds is 8. The lowest BCUT2D eigenvalue weighted by atomic mass is 9.96. The second-order valence-corrected chi connectivity index (χ2v) is 5.15. The van der Waals surface area contributed by atoms with E-state index in [4.69, 9.17) is 10.5 Å². The number of halogens is 1. The molecule has 0 amide bonds. The lowest BCUT2D eigenvalue weighted by Crippen LogP contribution is -2.20. The number of ether oxygens (including phenoxy) is 1. The molecule has 0 saturated carbocycles. The number of nitrogens with two attached hydrogens (primary N) is 1. The Morgan fingerprint density at radius 3 is 2.61 bits per heavy atom. The van der Waals surface area contributed by atoms with Crippen LogP contribution in [0.2, 0.25) is 0 Å². The molecule has 1 aromatic carbocycles. The van der Waals surface area contributed by atoms with Crippen molar-refractivity contribution < 1.29 is 9.13 Å². The molecule has 0 aromatic heterocycles. The van der Waals surface area contributed by atoms with Gasteiger partial charge in [-0.15, -0.1) is 0 Å². The van der Waals surface area contributed by atoms with E-state index in [-0.39, 0.29) is 11.7 Å². The Balaban J connectivity index is 2.36. The maximum absolute atomic E-state index is 13.5. The van der Waals surface area contributed by atoms with Gasteiger partial charge in [0.05, 0.1) is 0 Å². The van der Waals surface area contributed by atoms with Crippen molar-refractivity contribution in [2.24, 2.45) is 17.6 Å². The third kappa shape index (κ3) is 5.61. The Morgan fingerprint density at radius 2 is 2.00 bits per heavy atom. The maximum Gasteiger partial charge on any atom is 0.126 e. The highest BCUT2D eigenvalue weighted by atomic mass is 19.1. The van der Waals surface area contributed by atoms with Crippen molar-refractivity contribution in [3.05, 3.63) is 35.6 Å². The van der Waals surface area contributed by atoms with Crippen molar-refractivity contribution in [2.75, 3.05) is 19.8 Å². The van der Waals surface area contributed by atoms with Crippen LogP contribution in [0.4, 0.5) is 4.39 Å². The Kier molecular flexibility index (Phi) is 6.91. The zero-order valence-corrected chi connectivity index (χ0v) is 11.4. The van der Waals surface area contributed by atoms with Crippen LogP contribution in [0.1, 0.15) is 25.8 Å². The minimum absolute atomic E-state index is 0.140. The minimum Gasteiger partial charge on any atom is -0.381 e. The Hall–Kier alpha value is -0.930. The van der Waals surface area contributed by atoms with Crippen molar-refractivity contribution in [3.63, 3.8) is 0 Å². The zero-order chi connectivity index (χ0) is 13.4. The Labute approximate surface area is 109 Å². The van der Waals surface area contributed by atoms with Gasteiger partial charge in [-0.3, -0.25) is 0 Å². The highest BCUT2D eigenvalue weighted by Gasteiger charge is 2.10. The van der Waals surface area contributed by atoms with Gasteiger partial charge in [-0.25, -0.2) is 4.39 Å². The van der Waals surface area contributed by atoms with Crippen LogP contribution in [0, 0.1) is 17.7 Å². The van der Waals surface area contributed by atoms with E-state index in [1.165, 1.54) is 6.07 Å². The fourth-order valence-corrected chi connectivity index (χ4v) is 1.85. The molecule has 0 heterocycles. The van der Waals surface area contributed by atoms with Gasteiger partial charge in [0.2, 0.25) is 0 Å². The van der Waals surface area contributed by atoms with Crippen LogP contribution in [0.15, 0.2) is 24.3 Å². The molecule has 0 radical (unpaired) electrons. The smallest absolute Gasteiger partial charge is 0.126 e. The molecular weight excluding hydrogens is 229 g/mol. The van der Waals surface area contributed by atoms with E-state index in [2.05, 4.69) is 13.8 Å². The second-order valence-electron chi connectivity index (χ2n) is 5.15. The standard InChI is InChI=1S/C15H24FNO/c1-12(2)11-18-8-7-13(10-17)9-14-5-3-4-6-15(14)16/h3-6,12-13H,7-11,17H2,1-2H3. The largest absolute Gasteiger partial charge is 0.381 e. The van der Waals surface area contributed by atoms with Gasteiger partial charge in [0.25, 0.3) is 0 Å². The van der Waals surface area contributed by atoms with E-state index in [1.807, 2.05) is 12.1 Å². The first-order chi connectivity index (χ1) is 8.63. The van der Waals surface area contributed by atoms with Gasteiger partial charge in [-0.2, -0.15) is 0 Å². The number of hydrogen-bond donors (Lipinski definition) is 1. The second kappa shape index (κ2) is 8.22. The minimum atomic E-state index is -0.140. The summed E-state index contributed by atoms with van der Waals surface area (Å²) < 4.78 is 19.1. The highest BCUT2D eigenvalue weighted by Crippen LogP contribution is 2.14. The Morgan fingerprint density at radius 1 is 1.28 bits per heavy atom. The van der Waals surface area contributed by atoms with Gasteiger partial charge in [0.1, 0.15) is 5.82 Å². The highest BCUT2D eigenvalue weighted by molar-refractivity contribution is 5.17. The van der Waals surface area contributed by atoms with Crippen LogP contribution in [0.5, 0.6) is 0 Å². The normalized spacial score (nSPS) is 12.9. The molecule has 0 aliphatic heterocycles. The average molecular weight is 253 g/mol. The molecule has 0 bridgehead atoms. The first-order valence-electron chi connectivity index (χ1n) is 6.64. The molecule has 3 heteroatoms. The number of benzene rings is 1. The summed E-state index contributed by atoms with van der Waals surface area (Å²) in [7, 11) is 0. The first kappa shape index (κ1) is 15.1. The van der Waals surface area contributed by atoms with E-state index in [0.717, 1.165) is 18.6 Å². The van der Waals surface area contributed by atoms with Gasteiger partial charge >= 0.3 is 0 Å². The fourth-order valence-electron chi connectivity index (χ4n) is 1.85. The molecule has 0 aliphatic carbocycles. The maximum atomic E-state index is 13.5. The van der Waals surface area contributed by atoms with E-state index >= 15 is 0 Å². The molecule has 1 rings (SSSR count). The first-order valence-corrected chi connectivity index (χ1v) is 6.64. The van der Waals surface area contributed by atoms with Crippen molar-refractivity contribution >= 4 is 0 Å². The molecular formula is C15H24FNO. The summed E-state index contributed by atoms with van der Waals surface area (Å²) in [5.41, 5.74) is 6.48. The summed E-state index contributed by atoms with van der Waals surface area (Å²) in [6.07, 6.45) is 1.58. The van der Waals surface area contributed by atoms with Crippen LogP contribution in [0.25, 0.3) is 0 Å². The molecule has 1 unspecified atom stereocenters. The van der Waals surface area contributed by atoms with Crippen molar-refractivity contribution in [1.29, 1.82) is 0 Å².